The first kappa shape index (κ1) is 21.7. The van der Waals surface area contributed by atoms with Crippen molar-refractivity contribution in [3.8, 4) is 5.75 Å². The molecular formula is C19H13Br2N3O6. The zero-order chi connectivity index (χ0) is 22.0. The third-order valence-electron chi connectivity index (χ3n) is 4.03. The second-order valence-electron chi connectivity index (χ2n) is 5.97. The maximum absolute atomic E-state index is 13.0. The summed E-state index contributed by atoms with van der Waals surface area (Å²) in [5.41, 5.74) is -0.243. The highest BCUT2D eigenvalue weighted by molar-refractivity contribution is 9.11. The predicted molar refractivity (Wildman–Crippen MR) is 115 cm³/mol. The van der Waals surface area contributed by atoms with E-state index in [1.807, 2.05) is 0 Å². The third-order valence-corrected chi connectivity index (χ3v) is 5.07. The highest BCUT2D eigenvalue weighted by atomic mass is 79.9. The van der Waals surface area contributed by atoms with Crippen LogP contribution in [0.5, 0.6) is 5.75 Å². The SMILES string of the molecule is CCOc1c(Br)cc(Br)cc1/C=C1\C(=O)NC(=O)N(c2cccc([N+](=O)[O-])c2)C1=O. The molecule has 9 nitrogen and oxygen atoms in total. The van der Waals surface area contributed by atoms with Crippen LogP contribution < -0.4 is 15.0 Å². The predicted octanol–water partition coefficient (Wildman–Crippen LogP) is 4.18. The Morgan fingerprint density at radius 2 is 1.93 bits per heavy atom. The summed E-state index contributed by atoms with van der Waals surface area (Å²) in [6.07, 6.45) is 1.30. The van der Waals surface area contributed by atoms with Crippen LogP contribution >= 0.6 is 31.9 Å². The molecule has 2 aromatic rings. The summed E-state index contributed by atoms with van der Waals surface area (Å²) >= 11 is 6.72. The van der Waals surface area contributed by atoms with Crippen LogP contribution in [0.25, 0.3) is 6.08 Å². The van der Waals surface area contributed by atoms with Crippen LogP contribution in [-0.2, 0) is 9.59 Å². The van der Waals surface area contributed by atoms with E-state index in [0.29, 0.717) is 31.8 Å². The molecular weight excluding hydrogens is 526 g/mol. The Balaban J connectivity index is 2.10. The molecule has 154 valence electrons. The van der Waals surface area contributed by atoms with Gasteiger partial charge in [-0.2, -0.15) is 0 Å². The molecule has 0 unspecified atom stereocenters. The van der Waals surface area contributed by atoms with Gasteiger partial charge in [0.2, 0.25) is 0 Å². The highest BCUT2D eigenvalue weighted by Crippen LogP contribution is 2.35. The molecule has 0 bridgehead atoms. The number of nitrogens with zero attached hydrogens (tertiary/aromatic N) is 2. The third kappa shape index (κ3) is 4.26. The summed E-state index contributed by atoms with van der Waals surface area (Å²) in [5, 5.41) is 13.1. The Morgan fingerprint density at radius 3 is 2.60 bits per heavy atom. The number of amides is 4. The van der Waals surface area contributed by atoms with Gasteiger partial charge in [-0.15, -0.1) is 0 Å². The fourth-order valence-corrected chi connectivity index (χ4v) is 4.15. The smallest absolute Gasteiger partial charge is 0.335 e. The number of hydrogen-bond donors (Lipinski definition) is 1. The van der Waals surface area contributed by atoms with Crippen molar-refractivity contribution >= 4 is 67.2 Å². The van der Waals surface area contributed by atoms with Crippen LogP contribution in [0.15, 0.2) is 50.9 Å². The Kier molecular flexibility index (Phi) is 6.32. The van der Waals surface area contributed by atoms with Gasteiger partial charge in [0, 0.05) is 22.2 Å². The Bertz CT molecular complexity index is 1120. The zero-order valence-electron chi connectivity index (χ0n) is 15.3. The van der Waals surface area contributed by atoms with Gasteiger partial charge in [-0.25, -0.2) is 9.69 Å². The Hall–Kier alpha value is -3.05. The number of carbonyl (C=O) groups is 3. The van der Waals surface area contributed by atoms with E-state index in [0.717, 1.165) is 6.07 Å². The minimum Gasteiger partial charge on any atom is -0.492 e. The molecule has 1 saturated heterocycles. The summed E-state index contributed by atoms with van der Waals surface area (Å²) in [7, 11) is 0. The van der Waals surface area contributed by atoms with Crippen molar-refractivity contribution in [3.63, 3.8) is 0 Å². The topological polar surface area (TPSA) is 119 Å². The lowest BCUT2D eigenvalue weighted by Crippen LogP contribution is -2.54. The molecule has 3 rings (SSSR count). The molecule has 11 heteroatoms. The van der Waals surface area contributed by atoms with E-state index in [4.69, 9.17) is 4.74 Å². The number of nitro benzene ring substituents is 1. The lowest BCUT2D eigenvalue weighted by molar-refractivity contribution is -0.384. The van der Waals surface area contributed by atoms with Crippen molar-refractivity contribution in [2.75, 3.05) is 11.5 Å². The molecule has 1 aliphatic heterocycles. The number of imide groups is 2. The fourth-order valence-electron chi connectivity index (χ4n) is 2.78. The molecule has 0 saturated carbocycles. The van der Waals surface area contributed by atoms with Gasteiger partial charge in [-0.1, -0.05) is 22.0 Å². The number of nitrogens with one attached hydrogen (secondary N) is 1. The molecule has 0 atom stereocenters. The van der Waals surface area contributed by atoms with Crippen LogP contribution in [0.1, 0.15) is 12.5 Å². The summed E-state index contributed by atoms with van der Waals surface area (Å²) in [6, 6.07) is 7.40. The average molecular weight is 539 g/mol. The van der Waals surface area contributed by atoms with Crippen molar-refractivity contribution in [2.24, 2.45) is 0 Å². The van der Waals surface area contributed by atoms with Gasteiger partial charge < -0.3 is 4.74 Å². The van der Waals surface area contributed by atoms with Crippen molar-refractivity contribution in [1.82, 2.24) is 5.32 Å². The first-order chi connectivity index (χ1) is 14.2. The number of hydrogen-bond acceptors (Lipinski definition) is 6. The van der Waals surface area contributed by atoms with Gasteiger partial charge in [-0.05, 0) is 47.1 Å². The van der Waals surface area contributed by atoms with Crippen LogP contribution in [0, 0.1) is 10.1 Å². The summed E-state index contributed by atoms with van der Waals surface area (Å²) in [4.78, 5) is 48.8. The first-order valence-electron chi connectivity index (χ1n) is 8.50. The second-order valence-corrected chi connectivity index (χ2v) is 7.74. The number of halogens is 2. The lowest BCUT2D eigenvalue weighted by Gasteiger charge is -2.26. The van der Waals surface area contributed by atoms with Crippen molar-refractivity contribution < 1.29 is 24.0 Å². The molecule has 1 fully saturated rings. The van der Waals surface area contributed by atoms with Crippen LogP contribution in [0.2, 0.25) is 0 Å². The number of rotatable bonds is 5. The largest absolute Gasteiger partial charge is 0.492 e. The molecule has 1 heterocycles. The number of benzene rings is 2. The maximum atomic E-state index is 13.0. The number of non-ortho nitro benzene ring substituents is 1. The molecule has 0 radical (unpaired) electrons. The molecule has 1 aliphatic rings. The van der Waals surface area contributed by atoms with E-state index in [2.05, 4.69) is 37.2 Å². The van der Waals surface area contributed by atoms with Gasteiger partial charge in [0.1, 0.15) is 11.3 Å². The van der Waals surface area contributed by atoms with E-state index in [1.165, 1.54) is 24.3 Å². The molecule has 4 amide bonds. The lowest BCUT2D eigenvalue weighted by atomic mass is 10.1. The van der Waals surface area contributed by atoms with Gasteiger partial charge in [0.05, 0.1) is 21.7 Å². The standard InChI is InChI=1S/C19H13Br2N3O6/c1-2-30-16-10(6-11(20)8-15(16)21)7-14-17(25)22-19(27)23(18(14)26)12-4-3-5-13(9-12)24(28)29/h3-9H,2H2,1H3,(H,22,25,27)/b14-7+. The molecule has 0 aliphatic carbocycles. The van der Waals surface area contributed by atoms with Gasteiger partial charge >= 0.3 is 6.03 Å². The molecule has 1 N–H and O–H groups in total. The summed E-state index contributed by atoms with van der Waals surface area (Å²) < 4.78 is 6.86. The van der Waals surface area contributed by atoms with E-state index in [-0.39, 0.29) is 16.9 Å². The number of ether oxygens (including phenoxy) is 1. The maximum Gasteiger partial charge on any atom is 0.335 e. The van der Waals surface area contributed by atoms with Gasteiger partial charge in [0.25, 0.3) is 17.5 Å². The monoisotopic (exact) mass is 537 g/mol. The number of urea groups is 1. The summed E-state index contributed by atoms with van der Waals surface area (Å²) in [5.74, 6) is -1.39. The van der Waals surface area contributed by atoms with Crippen molar-refractivity contribution in [1.29, 1.82) is 0 Å². The molecule has 0 spiro atoms. The Morgan fingerprint density at radius 1 is 1.20 bits per heavy atom. The van der Waals surface area contributed by atoms with E-state index in [9.17, 15) is 24.5 Å². The van der Waals surface area contributed by atoms with Gasteiger partial charge in [-0.3, -0.25) is 25.0 Å². The number of barbiturate groups is 1. The molecule has 2 aromatic carbocycles. The van der Waals surface area contributed by atoms with Crippen molar-refractivity contribution in [2.45, 2.75) is 6.92 Å². The number of nitro groups is 1. The normalized spacial score (nSPS) is 15.4. The molecule has 0 aromatic heterocycles. The second kappa shape index (κ2) is 8.76. The average Bonchev–Trinajstić information content (AvgIpc) is 2.67. The van der Waals surface area contributed by atoms with E-state index in [1.54, 1.807) is 19.1 Å². The minimum absolute atomic E-state index is 0.0365. The number of carbonyl (C=O) groups excluding carboxylic acids is 3. The van der Waals surface area contributed by atoms with Crippen LogP contribution in [0.4, 0.5) is 16.2 Å². The highest BCUT2D eigenvalue weighted by Gasteiger charge is 2.37. The van der Waals surface area contributed by atoms with E-state index >= 15 is 0 Å². The summed E-state index contributed by atoms with van der Waals surface area (Å²) in [6.45, 7) is 2.13. The first-order valence-corrected chi connectivity index (χ1v) is 10.1. The number of anilines is 1. The van der Waals surface area contributed by atoms with Crippen LogP contribution in [-0.4, -0.2) is 29.4 Å². The quantitative estimate of drug-likeness (QED) is 0.264. The Labute approximate surface area is 187 Å². The molecule has 30 heavy (non-hydrogen) atoms. The van der Waals surface area contributed by atoms with Crippen LogP contribution in [0.3, 0.4) is 0 Å². The van der Waals surface area contributed by atoms with E-state index < -0.39 is 22.8 Å². The fraction of sp³-hybridized carbons (Fsp3) is 0.105. The van der Waals surface area contributed by atoms with Gasteiger partial charge in [0.15, 0.2) is 0 Å². The van der Waals surface area contributed by atoms with Crippen molar-refractivity contribution in [3.05, 3.63) is 66.6 Å². The zero-order valence-corrected chi connectivity index (χ0v) is 18.5. The minimum atomic E-state index is -0.997.